The van der Waals surface area contributed by atoms with Gasteiger partial charge in [0, 0.05) is 23.2 Å². The fraction of sp³-hybridized carbons (Fsp3) is 0.400. The van der Waals surface area contributed by atoms with Crippen molar-refractivity contribution in [2.45, 2.75) is 62.3 Å². The molecule has 3 aliphatic rings. The van der Waals surface area contributed by atoms with Crippen molar-refractivity contribution in [3.8, 4) is 5.75 Å². The highest BCUT2D eigenvalue weighted by Crippen LogP contribution is 2.60. The number of benzene rings is 2. The number of ether oxygens (including phenoxy) is 1. The first kappa shape index (κ1) is 24.0. The van der Waals surface area contributed by atoms with E-state index in [1.165, 1.54) is 24.8 Å². The van der Waals surface area contributed by atoms with Gasteiger partial charge in [0.2, 0.25) is 6.10 Å². The summed E-state index contributed by atoms with van der Waals surface area (Å²) in [6, 6.07) is 19.8. The Morgan fingerprint density at radius 3 is 2.19 bits per heavy atom. The summed E-state index contributed by atoms with van der Waals surface area (Å²) in [5, 5.41) is 3.03. The summed E-state index contributed by atoms with van der Waals surface area (Å²) >= 11 is 0. The molecule has 7 heteroatoms. The Morgan fingerprint density at radius 2 is 1.65 bits per heavy atom. The maximum Gasteiger partial charge on any atom is 0.431 e. The number of carbonyl (C=O) groups excluding carboxylic acids is 1. The zero-order chi connectivity index (χ0) is 25.6. The van der Waals surface area contributed by atoms with E-state index in [0.29, 0.717) is 23.4 Å². The number of hydrogen-bond donors (Lipinski definition) is 1. The van der Waals surface area contributed by atoms with Gasteiger partial charge in [-0.25, -0.2) is 0 Å². The average Bonchev–Trinajstić information content (AvgIpc) is 3.48. The second-order valence-corrected chi connectivity index (χ2v) is 10.7. The van der Waals surface area contributed by atoms with Crippen LogP contribution in [0.5, 0.6) is 5.75 Å². The highest BCUT2D eigenvalue weighted by Gasteiger charge is 2.52. The molecule has 2 aromatic carbocycles. The number of nitrogens with zero attached hydrogens (tertiary/aromatic N) is 1. The maximum atomic E-state index is 13.8. The molecule has 6 rings (SSSR count). The van der Waals surface area contributed by atoms with Gasteiger partial charge in [-0.05, 0) is 91.5 Å². The molecule has 4 nitrogen and oxygen atoms in total. The van der Waals surface area contributed by atoms with E-state index in [1.54, 1.807) is 18.2 Å². The molecule has 0 aliphatic heterocycles. The minimum atomic E-state index is -4.59. The first-order valence-electron chi connectivity index (χ1n) is 13.0. The Kier molecular flexibility index (Phi) is 5.97. The molecule has 3 aromatic rings. The fourth-order valence-electron chi connectivity index (χ4n) is 6.41. The van der Waals surface area contributed by atoms with E-state index in [-0.39, 0.29) is 22.8 Å². The monoisotopic (exact) mass is 506 g/mol. The number of fused-ring (bicyclic) bond motifs is 2. The van der Waals surface area contributed by atoms with Gasteiger partial charge in [0.15, 0.2) is 0 Å². The van der Waals surface area contributed by atoms with Crippen LogP contribution in [0.2, 0.25) is 0 Å². The Labute approximate surface area is 214 Å². The Hall–Kier alpha value is -3.35. The van der Waals surface area contributed by atoms with E-state index in [9.17, 15) is 18.0 Å². The average molecular weight is 507 g/mol. The lowest BCUT2D eigenvalue weighted by atomic mass is 9.64. The molecule has 1 heterocycles. The van der Waals surface area contributed by atoms with Gasteiger partial charge in [0.1, 0.15) is 5.75 Å². The quantitative estimate of drug-likeness (QED) is 0.385. The normalized spacial score (nSPS) is 25.6. The predicted octanol–water partition coefficient (Wildman–Crippen LogP) is 6.76. The topological polar surface area (TPSA) is 51.2 Å². The van der Waals surface area contributed by atoms with Gasteiger partial charge in [-0.2, -0.15) is 13.2 Å². The van der Waals surface area contributed by atoms with E-state index in [1.807, 2.05) is 24.3 Å². The Balaban J connectivity index is 1.28. The highest BCUT2D eigenvalue weighted by atomic mass is 19.4. The number of alkyl halides is 3. The molecule has 2 unspecified atom stereocenters. The molecular formula is C30H29F3N2O2. The molecule has 1 N–H and O–H groups in total. The number of pyridine rings is 1. The van der Waals surface area contributed by atoms with Gasteiger partial charge in [-0.3, -0.25) is 9.78 Å². The van der Waals surface area contributed by atoms with Crippen molar-refractivity contribution >= 4 is 5.91 Å². The fourth-order valence-corrected chi connectivity index (χ4v) is 6.41. The summed E-state index contributed by atoms with van der Waals surface area (Å²) in [4.78, 5) is 16.4. The number of carbonyl (C=O) groups is 1. The molecule has 3 fully saturated rings. The van der Waals surface area contributed by atoms with Crippen molar-refractivity contribution in [2.75, 3.05) is 0 Å². The van der Waals surface area contributed by atoms with E-state index in [0.717, 1.165) is 43.2 Å². The maximum absolute atomic E-state index is 13.8. The van der Waals surface area contributed by atoms with Gasteiger partial charge in [0.25, 0.3) is 5.91 Å². The van der Waals surface area contributed by atoms with Crippen molar-refractivity contribution < 1.29 is 22.7 Å². The lowest BCUT2D eigenvalue weighted by molar-refractivity contribution is -0.199. The molecule has 192 valence electrons. The van der Waals surface area contributed by atoms with Gasteiger partial charge < -0.3 is 10.1 Å². The van der Waals surface area contributed by atoms with Crippen molar-refractivity contribution in [3.05, 3.63) is 95.3 Å². The smallest absolute Gasteiger partial charge is 0.431 e. The molecule has 3 saturated carbocycles. The Morgan fingerprint density at radius 1 is 0.946 bits per heavy atom. The third-order valence-electron chi connectivity index (χ3n) is 8.30. The molecule has 37 heavy (non-hydrogen) atoms. The molecular weight excluding hydrogens is 477 g/mol. The van der Waals surface area contributed by atoms with Crippen LogP contribution in [0.4, 0.5) is 13.2 Å². The van der Waals surface area contributed by atoms with E-state index in [4.69, 9.17) is 4.74 Å². The highest BCUT2D eigenvalue weighted by molar-refractivity contribution is 5.94. The van der Waals surface area contributed by atoms with E-state index >= 15 is 0 Å². The number of nitrogens with one attached hydrogen (secondary N) is 1. The third kappa shape index (κ3) is 4.60. The Bertz CT molecular complexity index is 1260. The van der Waals surface area contributed by atoms with Crippen LogP contribution >= 0.6 is 0 Å². The number of amides is 1. The SMILES string of the molecule is O=C(NC1CC1)c1ccc([C@]2(c3ccc(OC(c4ccccn4)C(F)(F)F)cc3)CC3CC[C@H]2C3)cc1. The summed E-state index contributed by atoms with van der Waals surface area (Å²) < 4.78 is 46.7. The molecule has 2 bridgehead atoms. The molecule has 1 amide bonds. The number of halogens is 3. The van der Waals surface area contributed by atoms with Crippen LogP contribution in [0.1, 0.15) is 71.8 Å². The van der Waals surface area contributed by atoms with Gasteiger partial charge in [-0.1, -0.05) is 36.8 Å². The van der Waals surface area contributed by atoms with Crippen LogP contribution in [-0.2, 0) is 5.41 Å². The van der Waals surface area contributed by atoms with Crippen LogP contribution in [-0.4, -0.2) is 23.1 Å². The summed E-state index contributed by atoms with van der Waals surface area (Å²) in [5.41, 5.74) is 2.53. The summed E-state index contributed by atoms with van der Waals surface area (Å²) in [5.74, 6) is 1.22. The largest absolute Gasteiger partial charge is 0.475 e. The lowest BCUT2D eigenvalue weighted by Gasteiger charge is -2.39. The van der Waals surface area contributed by atoms with Crippen molar-refractivity contribution in [3.63, 3.8) is 0 Å². The molecule has 0 radical (unpaired) electrons. The molecule has 1 aromatic heterocycles. The minimum Gasteiger partial charge on any atom is -0.475 e. The number of hydrogen-bond acceptors (Lipinski definition) is 3. The van der Waals surface area contributed by atoms with Crippen molar-refractivity contribution in [1.29, 1.82) is 0 Å². The van der Waals surface area contributed by atoms with Gasteiger partial charge in [0.05, 0.1) is 5.69 Å². The first-order chi connectivity index (χ1) is 17.8. The van der Waals surface area contributed by atoms with Crippen LogP contribution in [0.15, 0.2) is 72.9 Å². The molecule has 0 saturated heterocycles. The van der Waals surface area contributed by atoms with Crippen LogP contribution in [0.3, 0.4) is 0 Å². The predicted molar refractivity (Wildman–Crippen MR) is 133 cm³/mol. The third-order valence-corrected chi connectivity index (χ3v) is 8.30. The summed E-state index contributed by atoms with van der Waals surface area (Å²) in [6.07, 6.45) is 1.19. The van der Waals surface area contributed by atoms with Gasteiger partial charge in [-0.15, -0.1) is 0 Å². The molecule has 3 aliphatic carbocycles. The van der Waals surface area contributed by atoms with Gasteiger partial charge >= 0.3 is 6.18 Å². The zero-order valence-corrected chi connectivity index (χ0v) is 20.4. The zero-order valence-electron chi connectivity index (χ0n) is 20.4. The lowest BCUT2D eigenvalue weighted by Crippen LogP contribution is -2.34. The van der Waals surface area contributed by atoms with E-state index in [2.05, 4.69) is 22.4 Å². The standard InChI is InChI=1S/C30H29F3N2O2/c31-30(32,33)27(26-3-1-2-16-34-26)37-25-14-10-22(11-15-25)29(18-19-4-7-23(29)17-19)21-8-5-20(6-9-21)28(36)35-24-12-13-24/h1-3,5-6,8-11,14-16,19,23-24,27H,4,7,12-13,17-18H2,(H,35,36)/t19?,23-,27?,29-/m0/s1. The van der Waals surface area contributed by atoms with Crippen molar-refractivity contribution in [1.82, 2.24) is 10.3 Å². The number of rotatable bonds is 7. The molecule has 4 atom stereocenters. The van der Waals surface area contributed by atoms with Crippen LogP contribution < -0.4 is 10.1 Å². The van der Waals surface area contributed by atoms with Crippen molar-refractivity contribution in [2.24, 2.45) is 11.8 Å². The summed E-state index contributed by atoms with van der Waals surface area (Å²) in [6.45, 7) is 0. The first-order valence-corrected chi connectivity index (χ1v) is 13.0. The van der Waals surface area contributed by atoms with E-state index < -0.39 is 12.3 Å². The van der Waals surface area contributed by atoms with Crippen LogP contribution in [0.25, 0.3) is 0 Å². The molecule has 0 spiro atoms. The number of aromatic nitrogens is 1. The second-order valence-electron chi connectivity index (χ2n) is 10.7. The minimum absolute atomic E-state index is 0.0373. The van der Waals surface area contributed by atoms with Crippen LogP contribution in [0, 0.1) is 11.8 Å². The summed E-state index contributed by atoms with van der Waals surface area (Å²) in [7, 11) is 0. The second kappa shape index (κ2) is 9.19.